The molecule has 2 saturated heterocycles. The number of amides is 3. The summed E-state index contributed by atoms with van der Waals surface area (Å²) < 4.78 is 60.8. The highest BCUT2D eigenvalue weighted by Crippen LogP contribution is 2.49. The van der Waals surface area contributed by atoms with Crippen LogP contribution in [0.15, 0.2) is 35.9 Å². The second-order valence-electron chi connectivity index (χ2n) is 17.2. The van der Waals surface area contributed by atoms with Gasteiger partial charge < -0.3 is 43.7 Å². The zero-order chi connectivity index (χ0) is 48.1. The molecule has 4 rings (SSSR count). The number of fused-ring (bicyclic) bond motifs is 5. The molecule has 64 heavy (non-hydrogen) atoms. The Hall–Kier alpha value is -3.57. The first kappa shape index (κ1) is 53.0. The average Bonchev–Trinajstić information content (AvgIpc) is 3.91. The molecule has 3 aliphatic heterocycles. The van der Waals surface area contributed by atoms with E-state index in [9.17, 15) is 42.0 Å². The summed E-state index contributed by atoms with van der Waals surface area (Å²) in [5.74, 6) is -3.53. The molecule has 18 nitrogen and oxygen atoms in total. The lowest BCUT2D eigenvalue weighted by Crippen LogP contribution is -2.63. The Balaban J connectivity index is 1.58. The van der Waals surface area contributed by atoms with E-state index in [1.807, 2.05) is 26.8 Å². The lowest BCUT2D eigenvalue weighted by atomic mass is 9.83. The van der Waals surface area contributed by atoms with E-state index in [0.29, 0.717) is 24.3 Å². The molecule has 1 aromatic rings. The molecule has 358 valence electrons. The number of aliphatic hydroxyl groups is 1. The van der Waals surface area contributed by atoms with Gasteiger partial charge in [0.1, 0.15) is 40.7 Å². The molecule has 0 saturated carbocycles. The molecule has 4 N–H and O–H groups in total. The molecule has 0 aliphatic carbocycles. The van der Waals surface area contributed by atoms with Crippen molar-refractivity contribution < 1.29 is 70.8 Å². The van der Waals surface area contributed by atoms with Crippen LogP contribution in [0.5, 0.6) is 5.75 Å². The van der Waals surface area contributed by atoms with E-state index in [2.05, 4.69) is 5.32 Å². The number of carbonyl (C=O) groups excluding carboxylic acids is 4. The Morgan fingerprint density at radius 3 is 2.48 bits per heavy atom. The van der Waals surface area contributed by atoms with Gasteiger partial charge in [0.25, 0.3) is 10.1 Å². The van der Waals surface area contributed by atoms with Gasteiger partial charge in [0.05, 0.1) is 25.3 Å². The number of alkyl carbamates (subject to hydrolysis) is 1. The molecule has 3 amide bonds. The second kappa shape index (κ2) is 21.4. The first-order valence-corrected chi connectivity index (χ1v) is 24.7. The van der Waals surface area contributed by atoms with Gasteiger partial charge in [-0.2, -0.15) is 8.42 Å². The number of nitrogens with zero attached hydrogens (tertiary/aromatic N) is 2. The van der Waals surface area contributed by atoms with Crippen molar-refractivity contribution >= 4 is 78.8 Å². The van der Waals surface area contributed by atoms with Gasteiger partial charge in [0.2, 0.25) is 11.8 Å². The zero-order valence-electron chi connectivity index (χ0n) is 37.6. The molecule has 2 fully saturated rings. The second-order valence-corrected chi connectivity index (χ2v) is 22.3. The summed E-state index contributed by atoms with van der Waals surface area (Å²) in [4.78, 5) is 68.5. The van der Waals surface area contributed by atoms with Crippen LogP contribution in [0.1, 0.15) is 79.2 Å². The lowest BCUT2D eigenvalue weighted by Gasteiger charge is -2.42. The molecule has 3 heterocycles. The van der Waals surface area contributed by atoms with Crippen LogP contribution in [0.2, 0.25) is 5.02 Å². The number of hydrogen-bond donors (Lipinski definition) is 4. The van der Waals surface area contributed by atoms with Gasteiger partial charge in [-0.3, -0.25) is 24.3 Å². The lowest BCUT2D eigenvalue weighted by molar-refractivity contribution is -0.162. The smallest absolute Gasteiger partial charge is 0.409 e. The highest BCUT2D eigenvalue weighted by atomic mass is 35.5. The molecule has 0 spiro atoms. The number of esters is 1. The van der Waals surface area contributed by atoms with Crippen molar-refractivity contribution in [1.82, 2.24) is 10.2 Å². The van der Waals surface area contributed by atoms with Gasteiger partial charge in [-0.15, -0.1) is 0 Å². The predicted octanol–water partition coefficient (Wildman–Crippen LogP) is 5.19. The van der Waals surface area contributed by atoms with E-state index in [1.165, 1.54) is 66.6 Å². The molecule has 1 aromatic carbocycles. The van der Waals surface area contributed by atoms with Crippen LogP contribution in [0, 0.1) is 5.92 Å². The third kappa shape index (κ3) is 13.1. The predicted molar refractivity (Wildman–Crippen MR) is 242 cm³/mol. The number of likely N-dealkylation sites (N-methyl/N-ethyl adjacent to an activating group) is 1. The summed E-state index contributed by atoms with van der Waals surface area (Å²) in [6.07, 6.45) is 0.374. The summed E-state index contributed by atoms with van der Waals surface area (Å²) in [5.41, 5.74) is -1.19. The summed E-state index contributed by atoms with van der Waals surface area (Å²) in [6.45, 7) is 10.5. The van der Waals surface area contributed by atoms with Gasteiger partial charge >= 0.3 is 18.0 Å². The van der Waals surface area contributed by atoms with E-state index in [1.54, 1.807) is 38.1 Å². The number of epoxide rings is 1. The van der Waals surface area contributed by atoms with Crippen LogP contribution < -0.4 is 15.0 Å². The van der Waals surface area contributed by atoms with Crippen LogP contribution >= 0.6 is 33.2 Å². The maximum absolute atomic E-state index is 14.3. The Morgan fingerprint density at radius 2 is 1.88 bits per heavy atom. The van der Waals surface area contributed by atoms with Gasteiger partial charge in [-0.25, -0.2) is 9.59 Å². The Kier molecular flexibility index (Phi) is 17.7. The SMILES string of the molecule is COc1cc2cc(c1Cl)N(C)C(=O)C[C@H](OC(=O)[C@H](C)N(C)C(=O)CCC(C)(C)SSCCC(C(=O)O)S(=O)(=O)O)[C@]1(C)O[C@H]1[C@H](C)[C@@H]1C[C@@](O)(NC(=O)O1)[C@H](OC)/C=C/C=C(/C)C2. The monoisotopic (exact) mass is 977 g/mol. The topological polar surface area (TPSA) is 248 Å². The summed E-state index contributed by atoms with van der Waals surface area (Å²) in [5, 5.41) is 21.7. The van der Waals surface area contributed by atoms with Crippen molar-refractivity contribution in [2.75, 3.05) is 39.0 Å². The fraction of sp³-hybridized carbons (Fsp3) is 0.643. The number of hydrogen-bond acceptors (Lipinski definition) is 15. The molecule has 3 aliphatic rings. The summed E-state index contributed by atoms with van der Waals surface area (Å²) >= 11 is 6.78. The fourth-order valence-electron chi connectivity index (χ4n) is 7.60. The number of methoxy groups -OCH3 is 2. The molecule has 0 radical (unpaired) electrons. The number of carboxylic acid groups (broad SMARTS) is 1. The first-order chi connectivity index (χ1) is 29.7. The van der Waals surface area contributed by atoms with E-state index >= 15 is 0 Å². The van der Waals surface area contributed by atoms with E-state index in [4.69, 9.17) is 40.4 Å². The van der Waals surface area contributed by atoms with Crippen LogP contribution in [-0.4, -0.2) is 144 Å². The standard InChI is InChI=1S/C42H60ClN3O15S3/c1-23-12-11-13-31(58-10)42(53)22-29(59-39(52)44-42)24(2)36-41(6,61-36)32(21-34(48)46(8)27-19-26(18-23)20-28(57-9)35(27)43)60-38(51)25(3)45(7)33(47)14-16-40(4,5)63-62-17-15-30(37(49)50)64(54,55)56/h11-13,19-20,24-25,29-32,36,53H,14-18,21-22H2,1-10H3,(H,44,52)(H,49,50)(H,54,55,56)/b13-11+,23-12-/t24-,25+,29+,30?,31-,32+,36+,41+,42+/m1/s1. The maximum atomic E-state index is 14.3. The van der Waals surface area contributed by atoms with Gasteiger partial charge in [-0.1, -0.05) is 63.9 Å². The van der Waals surface area contributed by atoms with E-state index < -0.39 is 97.7 Å². The van der Waals surface area contributed by atoms with Crippen LogP contribution in [0.3, 0.4) is 0 Å². The van der Waals surface area contributed by atoms with Crippen LogP contribution in [0.25, 0.3) is 0 Å². The van der Waals surface area contributed by atoms with Gasteiger partial charge in [0.15, 0.2) is 11.0 Å². The Labute approximate surface area is 387 Å². The largest absolute Gasteiger partial charge is 0.495 e. The molecule has 0 aromatic heterocycles. The minimum Gasteiger partial charge on any atom is -0.495 e. The maximum Gasteiger partial charge on any atom is 0.409 e. The van der Waals surface area contributed by atoms with Crippen molar-refractivity contribution in [2.24, 2.45) is 5.92 Å². The highest BCUT2D eigenvalue weighted by molar-refractivity contribution is 8.77. The zero-order valence-corrected chi connectivity index (χ0v) is 40.8. The molecule has 9 atom stereocenters. The van der Waals surface area contributed by atoms with Crippen molar-refractivity contribution in [2.45, 2.75) is 132 Å². The quantitative estimate of drug-likeness (QED) is 0.0581. The third-order valence-electron chi connectivity index (χ3n) is 11.8. The van der Waals surface area contributed by atoms with Crippen LogP contribution in [-0.2, 0) is 54.7 Å². The fourth-order valence-corrected chi connectivity index (χ4v) is 11.4. The molecule has 1 unspecified atom stereocenters. The molecule has 22 heteroatoms. The molecular weight excluding hydrogens is 918 g/mol. The number of halogens is 1. The number of rotatable bonds is 15. The minimum absolute atomic E-state index is 0.00418. The van der Waals surface area contributed by atoms with E-state index in [-0.39, 0.29) is 36.5 Å². The number of anilines is 1. The molecular formula is C42H60ClN3O15S3. The normalized spacial score (nSPS) is 28.9. The van der Waals surface area contributed by atoms with Gasteiger partial charge in [0, 0.05) is 50.5 Å². The van der Waals surface area contributed by atoms with Crippen molar-refractivity contribution in [3.63, 3.8) is 0 Å². The van der Waals surface area contributed by atoms with Crippen molar-refractivity contribution in [1.29, 1.82) is 0 Å². The first-order valence-electron chi connectivity index (χ1n) is 20.5. The highest BCUT2D eigenvalue weighted by Gasteiger charge is 2.64. The van der Waals surface area contributed by atoms with Crippen molar-refractivity contribution in [3.8, 4) is 5.75 Å². The Morgan fingerprint density at radius 1 is 1.20 bits per heavy atom. The number of aliphatic carboxylic acids is 1. The van der Waals surface area contributed by atoms with Crippen LogP contribution in [0.4, 0.5) is 10.5 Å². The number of allylic oxidation sites excluding steroid dienone is 3. The van der Waals surface area contributed by atoms with Gasteiger partial charge in [-0.05, 0) is 71.6 Å². The number of nitrogens with one attached hydrogen (secondary N) is 1. The average molecular weight is 979 g/mol. The summed E-state index contributed by atoms with van der Waals surface area (Å²) in [6, 6.07) is 2.39. The summed E-state index contributed by atoms with van der Waals surface area (Å²) in [7, 11) is 3.61. The van der Waals surface area contributed by atoms with E-state index in [0.717, 1.165) is 11.1 Å². The van der Waals surface area contributed by atoms with Crippen molar-refractivity contribution in [3.05, 3.63) is 46.5 Å². The number of carboxylic acids is 1. The Bertz CT molecular complexity index is 2100. The minimum atomic E-state index is -4.77. The number of carbonyl (C=O) groups is 5. The third-order valence-corrected chi connectivity index (χ3v) is 16.8. The number of benzene rings is 1. The molecule has 4 bridgehead atoms. The number of ether oxygens (including phenoxy) is 5.